The lowest BCUT2D eigenvalue weighted by Gasteiger charge is -2.36. The van der Waals surface area contributed by atoms with E-state index in [9.17, 15) is 19.4 Å². The van der Waals surface area contributed by atoms with E-state index in [2.05, 4.69) is 14.9 Å². The number of aliphatic carboxylic acids is 1. The maximum atomic E-state index is 14.7. The van der Waals surface area contributed by atoms with Crippen LogP contribution in [0.25, 0.3) is 10.9 Å². The van der Waals surface area contributed by atoms with E-state index in [-0.39, 0.29) is 17.9 Å². The zero-order valence-corrected chi connectivity index (χ0v) is 20.5. The number of carboxylic acid groups (broad SMARTS) is 1. The Hall–Kier alpha value is -2.75. The molecule has 3 atom stereocenters. The highest BCUT2D eigenvalue weighted by atomic mass is 32.2. The molecule has 2 N–H and O–H groups in total. The molecule has 0 radical (unpaired) electrons. The van der Waals surface area contributed by atoms with E-state index in [1.54, 1.807) is 36.2 Å². The molecule has 3 heterocycles. The normalized spacial score (nSPS) is 19.5. The fourth-order valence-corrected chi connectivity index (χ4v) is 5.63. The molecule has 0 bridgehead atoms. The number of benzene rings is 1. The fraction of sp³-hybridized carbons (Fsp3) is 0.423. The van der Waals surface area contributed by atoms with Crippen LogP contribution in [0.4, 0.5) is 4.39 Å². The van der Waals surface area contributed by atoms with E-state index < -0.39 is 23.8 Å². The molecule has 1 aliphatic heterocycles. The van der Waals surface area contributed by atoms with Crippen molar-refractivity contribution in [2.24, 2.45) is 11.8 Å². The molecule has 0 unspecified atom stereocenters. The summed E-state index contributed by atoms with van der Waals surface area (Å²) < 4.78 is 19.9. The van der Waals surface area contributed by atoms with Crippen LogP contribution < -0.4 is 4.74 Å². The number of fused-ring (bicyclic) bond motifs is 1. The van der Waals surface area contributed by atoms with Gasteiger partial charge in [-0.3, -0.25) is 9.78 Å². The Morgan fingerprint density at radius 3 is 2.91 bits per heavy atom. The van der Waals surface area contributed by atoms with Crippen LogP contribution in [0.5, 0.6) is 5.75 Å². The minimum absolute atomic E-state index is 0.0764. The Morgan fingerprint density at radius 2 is 2.17 bits per heavy atom. The Bertz CT molecular complexity index is 1150. The SMILES string of the molecule is COc1ccc2ncc(F)c([C@@H](O)CC[C@H]3CCN(CCSc4ccccn4)C[C@H]3C(=O)O)c2c1. The number of rotatable bonds is 10. The molecule has 0 spiro atoms. The summed E-state index contributed by atoms with van der Waals surface area (Å²) in [6.45, 7) is 2.07. The van der Waals surface area contributed by atoms with Crippen LogP contribution in [-0.4, -0.2) is 63.5 Å². The number of hydrogen-bond donors (Lipinski definition) is 2. The molecule has 4 rings (SSSR count). The Morgan fingerprint density at radius 1 is 1.31 bits per heavy atom. The second-order valence-electron chi connectivity index (χ2n) is 8.81. The van der Waals surface area contributed by atoms with Gasteiger partial charge in [-0.05, 0) is 62.1 Å². The number of aromatic nitrogens is 2. The minimum atomic E-state index is -1.06. The Kier molecular flexibility index (Phi) is 8.54. The van der Waals surface area contributed by atoms with Gasteiger partial charge in [-0.2, -0.15) is 0 Å². The first-order chi connectivity index (χ1) is 17.0. The van der Waals surface area contributed by atoms with Crippen molar-refractivity contribution < 1.29 is 24.1 Å². The average molecular weight is 500 g/mol. The summed E-state index contributed by atoms with van der Waals surface area (Å²) in [5, 5.41) is 22.3. The third-order valence-electron chi connectivity index (χ3n) is 6.66. The van der Waals surface area contributed by atoms with Gasteiger partial charge in [0.2, 0.25) is 0 Å². The number of hydrogen-bond acceptors (Lipinski definition) is 7. The van der Waals surface area contributed by atoms with E-state index in [0.29, 0.717) is 29.6 Å². The number of halogens is 1. The largest absolute Gasteiger partial charge is 0.497 e. The number of nitrogens with zero attached hydrogens (tertiary/aromatic N) is 3. The highest BCUT2D eigenvalue weighted by Crippen LogP contribution is 2.35. The zero-order chi connectivity index (χ0) is 24.8. The molecule has 0 aliphatic carbocycles. The van der Waals surface area contributed by atoms with Crippen molar-refractivity contribution in [1.29, 1.82) is 0 Å². The summed E-state index contributed by atoms with van der Waals surface area (Å²) in [4.78, 5) is 22.6. The smallest absolute Gasteiger partial charge is 0.308 e. The van der Waals surface area contributed by atoms with Crippen LogP contribution in [0, 0.1) is 17.7 Å². The average Bonchev–Trinajstić information content (AvgIpc) is 2.87. The van der Waals surface area contributed by atoms with Crippen LogP contribution >= 0.6 is 11.8 Å². The number of aliphatic hydroxyl groups excluding tert-OH is 1. The van der Waals surface area contributed by atoms with Gasteiger partial charge >= 0.3 is 5.97 Å². The van der Waals surface area contributed by atoms with Crippen molar-refractivity contribution in [2.75, 3.05) is 32.5 Å². The van der Waals surface area contributed by atoms with Crippen LogP contribution in [0.3, 0.4) is 0 Å². The standard InChI is InChI=1S/C26H30FN3O4S/c1-34-18-6-7-22-19(14-18)25(21(27)15-29-22)23(31)8-5-17-9-11-30(16-20(17)26(32)33)12-13-35-24-4-2-3-10-28-24/h2-4,6-7,10,14-15,17,20,23,31H,5,8-9,11-13,16H2,1H3,(H,32,33)/t17-,20+,23-/m0/s1. The second-order valence-corrected chi connectivity index (χ2v) is 9.92. The Balaban J connectivity index is 1.37. The van der Waals surface area contributed by atoms with Crippen molar-refractivity contribution >= 4 is 28.6 Å². The monoisotopic (exact) mass is 499 g/mol. The van der Waals surface area contributed by atoms with Crippen LogP contribution in [0.1, 0.15) is 30.9 Å². The minimum Gasteiger partial charge on any atom is -0.497 e. The van der Waals surface area contributed by atoms with Crippen LogP contribution in [-0.2, 0) is 4.79 Å². The van der Waals surface area contributed by atoms with Crippen molar-refractivity contribution in [3.05, 3.63) is 60.2 Å². The fourth-order valence-electron chi connectivity index (χ4n) is 4.76. The topological polar surface area (TPSA) is 95.8 Å². The number of aliphatic hydroxyl groups is 1. The zero-order valence-electron chi connectivity index (χ0n) is 19.6. The number of thioether (sulfide) groups is 1. The first kappa shape index (κ1) is 25.3. The number of likely N-dealkylation sites (tertiary alicyclic amines) is 1. The van der Waals surface area contributed by atoms with Gasteiger partial charge in [-0.25, -0.2) is 9.37 Å². The molecule has 1 aliphatic rings. The number of methoxy groups -OCH3 is 1. The van der Waals surface area contributed by atoms with Crippen molar-refractivity contribution in [3.63, 3.8) is 0 Å². The maximum absolute atomic E-state index is 14.7. The van der Waals surface area contributed by atoms with Gasteiger partial charge in [0.15, 0.2) is 0 Å². The molecule has 9 heteroatoms. The van der Waals surface area contributed by atoms with E-state index in [1.807, 2.05) is 18.2 Å². The van der Waals surface area contributed by atoms with Crippen molar-refractivity contribution in [3.8, 4) is 5.75 Å². The number of carboxylic acids is 1. The van der Waals surface area contributed by atoms with E-state index in [1.165, 1.54) is 7.11 Å². The second kappa shape index (κ2) is 11.8. The van der Waals surface area contributed by atoms with E-state index >= 15 is 0 Å². The van der Waals surface area contributed by atoms with Crippen LogP contribution in [0.15, 0.2) is 53.8 Å². The van der Waals surface area contributed by atoms with Crippen molar-refractivity contribution in [2.45, 2.75) is 30.4 Å². The quantitative estimate of drug-likeness (QED) is 0.396. The van der Waals surface area contributed by atoms with Gasteiger partial charge in [0, 0.05) is 36.0 Å². The predicted octanol–water partition coefficient (Wildman–Crippen LogP) is 4.41. The number of ether oxygens (including phenoxy) is 1. The summed E-state index contributed by atoms with van der Waals surface area (Å²) in [6.07, 6.45) is 3.33. The van der Waals surface area contributed by atoms with Gasteiger partial charge in [0.05, 0.1) is 35.9 Å². The van der Waals surface area contributed by atoms with Gasteiger partial charge < -0.3 is 19.8 Å². The number of piperidine rings is 1. The predicted molar refractivity (Wildman–Crippen MR) is 133 cm³/mol. The molecule has 186 valence electrons. The molecular weight excluding hydrogens is 469 g/mol. The molecule has 35 heavy (non-hydrogen) atoms. The van der Waals surface area contributed by atoms with Gasteiger partial charge in [0.25, 0.3) is 0 Å². The molecule has 1 saturated heterocycles. The molecule has 3 aromatic rings. The highest BCUT2D eigenvalue weighted by Gasteiger charge is 2.34. The molecule has 1 aromatic carbocycles. The third-order valence-corrected chi connectivity index (χ3v) is 7.59. The third kappa shape index (κ3) is 6.28. The lowest BCUT2D eigenvalue weighted by atomic mass is 9.81. The summed E-state index contributed by atoms with van der Waals surface area (Å²) in [5.74, 6) is -0.602. The molecule has 0 amide bonds. The van der Waals surface area contributed by atoms with Gasteiger partial charge in [-0.15, -0.1) is 11.8 Å². The maximum Gasteiger partial charge on any atom is 0.308 e. The highest BCUT2D eigenvalue weighted by molar-refractivity contribution is 7.99. The summed E-state index contributed by atoms with van der Waals surface area (Å²) in [6, 6.07) is 10.9. The van der Waals surface area contributed by atoms with Crippen molar-refractivity contribution in [1.82, 2.24) is 14.9 Å². The summed E-state index contributed by atoms with van der Waals surface area (Å²) in [7, 11) is 1.53. The molecule has 0 saturated carbocycles. The van der Waals surface area contributed by atoms with Crippen LogP contribution in [0.2, 0.25) is 0 Å². The number of pyridine rings is 2. The first-order valence-corrected chi connectivity index (χ1v) is 12.7. The first-order valence-electron chi connectivity index (χ1n) is 11.8. The molecule has 2 aromatic heterocycles. The van der Waals surface area contributed by atoms with Gasteiger partial charge in [-0.1, -0.05) is 6.07 Å². The molecule has 7 nitrogen and oxygen atoms in total. The van der Waals surface area contributed by atoms with E-state index in [4.69, 9.17) is 4.74 Å². The van der Waals surface area contributed by atoms with E-state index in [0.717, 1.165) is 36.5 Å². The summed E-state index contributed by atoms with van der Waals surface area (Å²) >= 11 is 1.66. The lowest BCUT2D eigenvalue weighted by Crippen LogP contribution is -2.44. The molecule has 1 fully saturated rings. The molecular formula is C26H30FN3O4S. The summed E-state index contributed by atoms with van der Waals surface area (Å²) in [5.41, 5.74) is 0.756. The Labute approximate surface area is 208 Å². The lowest BCUT2D eigenvalue weighted by molar-refractivity contribution is -0.146. The number of carbonyl (C=O) groups is 1. The van der Waals surface area contributed by atoms with Gasteiger partial charge in [0.1, 0.15) is 11.6 Å².